The summed E-state index contributed by atoms with van der Waals surface area (Å²) in [6.45, 7) is -0.0133. The Balaban J connectivity index is 1.87. The van der Waals surface area contributed by atoms with Crippen molar-refractivity contribution < 1.29 is 22.8 Å². The van der Waals surface area contributed by atoms with Crippen LogP contribution >= 0.6 is 0 Å². The van der Waals surface area contributed by atoms with Crippen molar-refractivity contribution in [1.82, 2.24) is 25.4 Å². The molecule has 128 valence electrons. The first-order valence-electron chi connectivity index (χ1n) is 6.87. The molecule has 0 fully saturated rings. The van der Waals surface area contributed by atoms with E-state index in [0.29, 0.717) is 0 Å². The molecule has 0 aliphatic rings. The summed E-state index contributed by atoms with van der Waals surface area (Å²) >= 11 is 0. The van der Waals surface area contributed by atoms with E-state index in [1.165, 1.54) is 23.1 Å². The molecule has 2 amide bonds. The zero-order valence-corrected chi connectivity index (χ0v) is 12.6. The van der Waals surface area contributed by atoms with Gasteiger partial charge in [-0.05, 0) is 12.1 Å². The number of hydrogen-bond acceptors (Lipinski definition) is 4. The highest BCUT2D eigenvalue weighted by atomic mass is 19.4. The molecule has 10 heteroatoms. The van der Waals surface area contributed by atoms with Crippen molar-refractivity contribution in [3.63, 3.8) is 0 Å². The molecule has 1 heterocycles. The summed E-state index contributed by atoms with van der Waals surface area (Å²) in [5, 5.41) is 8.57. The van der Waals surface area contributed by atoms with E-state index in [-0.39, 0.29) is 18.9 Å². The van der Waals surface area contributed by atoms with Crippen LogP contribution in [-0.2, 0) is 13.2 Å². The molecule has 0 saturated carbocycles. The predicted molar refractivity (Wildman–Crippen MR) is 77.1 cm³/mol. The summed E-state index contributed by atoms with van der Waals surface area (Å²) in [7, 11) is 1.60. The number of halogens is 3. The molecule has 1 aromatic carbocycles. The van der Waals surface area contributed by atoms with Crippen LogP contribution in [0.3, 0.4) is 0 Å². The molecule has 7 nitrogen and oxygen atoms in total. The van der Waals surface area contributed by atoms with Crippen molar-refractivity contribution in [3.8, 4) is 0 Å². The Labute approximate surface area is 134 Å². The van der Waals surface area contributed by atoms with Gasteiger partial charge in [0.2, 0.25) is 5.82 Å². The fourth-order valence-corrected chi connectivity index (χ4v) is 1.90. The molecule has 0 aliphatic carbocycles. The SMILES string of the molecule is Cn1cnc(C(=O)NCCNC(=O)c2ccccc2C(F)(F)F)n1. The maximum Gasteiger partial charge on any atom is 0.417 e. The Hall–Kier alpha value is -2.91. The highest BCUT2D eigenvalue weighted by Gasteiger charge is 2.34. The summed E-state index contributed by atoms with van der Waals surface area (Å²) in [4.78, 5) is 27.3. The van der Waals surface area contributed by atoms with E-state index in [0.717, 1.165) is 12.1 Å². The second-order valence-electron chi connectivity index (χ2n) is 4.80. The highest BCUT2D eigenvalue weighted by Crippen LogP contribution is 2.31. The molecule has 0 aliphatic heterocycles. The summed E-state index contributed by atoms with van der Waals surface area (Å²) in [6.07, 6.45) is -3.27. The van der Waals surface area contributed by atoms with Crippen molar-refractivity contribution in [2.75, 3.05) is 13.1 Å². The van der Waals surface area contributed by atoms with Crippen molar-refractivity contribution in [2.45, 2.75) is 6.18 Å². The summed E-state index contributed by atoms with van der Waals surface area (Å²) in [5.74, 6) is -1.44. The van der Waals surface area contributed by atoms with Crippen LogP contribution in [-0.4, -0.2) is 39.7 Å². The van der Waals surface area contributed by atoms with Gasteiger partial charge in [-0.2, -0.15) is 13.2 Å². The van der Waals surface area contributed by atoms with Gasteiger partial charge in [0.05, 0.1) is 11.1 Å². The van der Waals surface area contributed by atoms with Crippen LogP contribution in [0.5, 0.6) is 0 Å². The lowest BCUT2D eigenvalue weighted by atomic mass is 10.1. The monoisotopic (exact) mass is 341 g/mol. The van der Waals surface area contributed by atoms with Crippen molar-refractivity contribution in [2.24, 2.45) is 7.05 Å². The fraction of sp³-hybridized carbons (Fsp3) is 0.286. The number of carbonyl (C=O) groups is 2. The van der Waals surface area contributed by atoms with Gasteiger partial charge in [0.1, 0.15) is 6.33 Å². The Morgan fingerprint density at radius 2 is 1.75 bits per heavy atom. The van der Waals surface area contributed by atoms with Gasteiger partial charge < -0.3 is 10.6 Å². The molecular formula is C14H14F3N5O2. The van der Waals surface area contributed by atoms with Crippen LogP contribution in [0.1, 0.15) is 26.5 Å². The molecule has 0 atom stereocenters. The maximum absolute atomic E-state index is 12.8. The number of nitrogens with zero attached hydrogens (tertiary/aromatic N) is 3. The van der Waals surface area contributed by atoms with Gasteiger partial charge in [-0.3, -0.25) is 14.3 Å². The van der Waals surface area contributed by atoms with E-state index < -0.39 is 29.1 Å². The second-order valence-corrected chi connectivity index (χ2v) is 4.80. The number of nitrogens with one attached hydrogen (secondary N) is 2. The predicted octanol–water partition coefficient (Wildman–Crippen LogP) is 0.994. The third-order valence-corrected chi connectivity index (χ3v) is 2.98. The quantitative estimate of drug-likeness (QED) is 0.794. The smallest absolute Gasteiger partial charge is 0.350 e. The maximum atomic E-state index is 12.8. The van der Waals surface area contributed by atoms with Crippen molar-refractivity contribution in [1.29, 1.82) is 0 Å². The topological polar surface area (TPSA) is 88.9 Å². The van der Waals surface area contributed by atoms with Crippen molar-refractivity contribution in [3.05, 3.63) is 47.5 Å². The molecule has 2 aromatic rings. The van der Waals surface area contributed by atoms with Crippen LogP contribution in [0.15, 0.2) is 30.6 Å². The van der Waals surface area contributed by atoms with Crippen molar-refractivity contribution >= 4 is 11.8 Å². The van der Waals surface area contributed by atoms with Gasteiger partial charge in [-0.1, -0.05) is 12.1 Å². The number of amides is 2. The second kappa shape index (κ2) is 7.11. The van der Waals surface area contributed by atoms with Gasteiger partial charge in [-0.15, -0.1) is 5.10 Å². The molecule has 0 unspecified atom stereocenters. The first-order valence-corrected chi connectivity index (χ1v) is 6.87. The first kappa shape index (κ1) is 17.4. The van der Waals surface area contributed by atoms with E-state index in [9.17, 15) is 22.8 Å². The minimum Gasteiger partial charge on any atom is -0.350 e. The number of rotatable bonds is 5. The lowest BCUT2D eigenvalue weighted by Gasteiger charge is -2.12. The Kier molecular flexibility index (Phi) is 5.17. The van der Waals surface area contributed by atoms with Gasteiger partial charge >= 0.3 is 6.18 Å². The molecular weight excluding hydrogens is 327 g/mol. The molecule has 0 radical (unpaired) electrons. The van der Waals surface area contributed by atoms with E-state index in [4.69, 9.17) is 0 Å². The average molecular weight is 341 g/mol. The van der Waals surface area contributed by atoms with Crippen LogP contribution in [0.25, 0.3) is 0 Å². The van der Waals surface area contributed by atoms with Gasteiger partial charge in [0.15, 0.2) is 0 Å². The molecule has 0 bridgehead atoms. The Morgan fingerprint density at radius 3 is 2.33 bits per heavy atom. The summed E-state index contributed by atoms with van der Waals surface area (Å²) < 4.78 is 39.9. The lowest BCUT2D eigenvalue weighted by molar-refractivity contribution is -0.137. The fourth-order valence-electron chi connectivity index (χ4n) is 1.90. The summed E-state index contributed by atoms with van der Waals surface area (Å²) in [5.41, 5.74) is -1.48. The van der Waals surface area contributed by atoms with E-state index >= 15 is 0 Å². The zero-order valence-electron chi connectivity index (χ0n) is 12.6. The van der Waals surface area contributed by atoms with Gasteiger partial charge in [-0.25, -0.2) is 4.98 Å². The zero-order chi connectivity index (χ0) is 17.7. The largest absolute Gasteiger partial charge is 0.417 e. The third kappa shape index (κ3) is 4.31. The van der Waals surface area contributed by atoms with Gasteiger partial charge in [0, 0.05) is 20.1 Å². The Morgan fingerprint density at radius 1 is 1.12 bits per heavy atom. The molecule has 2 rings (SSSR count). The van der Waals surface area contributed by atoms with Crippen LogP contribution < -0.4 is 10.6 Å². The molecule has 0 saturated heterocycles. The minimum atomic E-state index is -4.62. The first-order chi connectivity index (χ1) is 11.3. The standard InChI is InChI=1S/C14H14F3N5O2/c1-22-8-20-11(21-22)13(24)19-7-6-18-12(23)9-4-2-3-5-10(9)14(15,16)17/h2-5,8H,6-7H2,1H3,(H,18,23)(H,19,24). The molecule has 24 heavy (non-hydrogen) atoms. The number of aryl methyl sites for hydroxylation is 1. The normalized spacial score (nSPS) is 11.2. The van der Waals surface area contributed by atoms with Gasteiger partial charge in [0.25, 0.3) is 11.8 Å². The van der Waals surface area contributed by atoms with Crippen LogP contribution in [0.4, 0.5) is 13.2 Å². The number of benzene rings is 1. The molecule has 2 N–H and O–H groups in total. The lowest BCUT2D eigenvalue weighted by Crippen LogP contribution is -2.35. The number of aromatic nitrogens is 3. The molecule has 1 aromatic heterocycles. The van der Waals surface area contributed by atoms with E-state index in [1.807, 2.05) is 0 Å². The minimum absolute atomic E-state index is 0.0248. The summed E-state index contributed by atoms with van der Waals surface area (Å²) in [6, 6.07) is 4.48. The molecule has 0 spiro atoms. The average Bonchev–Trinajstić information content (AvgIpc) is 2.97. The number of carbonyl (C=O) groups excluding carboxylic acids is 2. The Bertz CT molecular complexity index is 742. The highest BCUT2D eigenvalue weighted by molar-refractivity contribution is 5.96. The van der Waals surface area contributed by atoms with E-state index in [2.05, 4.69) is 20.7 Å². The van der Waals surface area contributed by atoms with E-state index in [1.54, 1.807) is 7.05 Å². The van der Waals surface area contributed by atoms with Crippen LogP contribution in [0, 0.1) is 0 Å². The third-order valence-electron chi connectivity index (χ3n) is 2.98. The van der Waals surface area contributed by atoms with Crippen LogP contribution in [0.2, 0.25) is 0 Å². The number of alkyl halides is 3. The number of hydrogen-bond donors (Lipinski definition) is 2.